The Morgan fingerprint density at radius 2 is 2.19 bits per heavy atom. The van der Waals surface area contributed by atoms with Crippen LogP contribution in [0.1, 0.15) is 24.3 Å². The fourth-order valence-corrected chi connectivity index (χ4v) is 2.37. The van der Waals surface area contributed by atoms with Crippen molar-refractivity contribution in [2.75, 3.05) is 0 Å². The van der Waals surface area contributed by atoms with Crippen LogP contribution in [0.3, 0.4) is 0 Å². The molecule has 3 aromatic rings. The summed E-state index contributed by atoms with van der Waals surface area (Å²) >= 11 is 5.95. The van der Waals surface area contributed by atoms with Crippen LogP contribution in [0.25, 0.3) is 5.65 Å². The molecule has 0 radical (unpaired) electrons. The molecule has 0 amide bonds. The highest BCUT2D eigenvalue weighted by Crippen LogP contribution is 2.28. The molecule has 0 aliphatic carbocycles. The molecule has 1 atom stereocenters. The molecule has 0 spiro atoms. The molecule has 108 valence electrons. The van der Waals surface area contributed by atoms with Crippen molar-refractivity contribution < 1.29 is 9.84 Å². The third-order valence-electron chi connectivity index (χ3n) is 3.21. The summed E-state index contributed by atoms with van der Waals surface area (Å²) in [4.78, 5) is 4.47. The summed E-state index contributed by atoms with van der Waals surface area (Å²) in [6.07, 6.45) is 3.22. The van der Waals surface area contributed by atoms with Crippen LogP contribution in [0.15, 0.2) is 48.8 Å². The van der Waals surface area contributed by atoms with Gasteiger partial charge in [-0.3, -0.25) is 0 Å². The van der Waals surface area contributed by atoms with Crippen molar-refractivity contribution in [2.24, 2.45) is 0 Å². The second kappa shape index (κ2) is 5.76. The van der Waals surface area contributed by atoms with Crippen LogP contribution in [0.5, 0.6) is 5.75 Å². The zero-order valence-electron chi connectivity index (χ0n) is 11.5. The summed E-state index contributed by atoms with van der Waals surface area (Å²) in [5, 5.41) is 10.4. The lowest BCUT2D eigenvalue weighted by molar-refractivity contribution is 0.190. The van der Waals surface area contributed by atoms with Crippen LogP contribution in [-0.2, 0) is 6.61 Å². The molecular formula is C16H15ClN2O2. The highest BCUT2D eigenvalue weighted by molar-refractivity contribution is 6.30. The van der Waals surface area contributed by atoms with E-state index in [0.29, 0.717) is 22.9 Å². The van der Waals surface area contributed by atoms with E-state index in [4.69, 9.17) is 16.3 Å². The molecule has 0 aliphatic heterocycles. The van der Waals surface area contributed by atoms with Crippen molar-refractivity contribution in [1.82, 2.24) is 9.38 Å². The van der Waals surface area contributed by atoms with Crippen LogP contribution in [0.2, 0.25) is 5.02 Å². The number of aliphatic hydroxyl groups is 1. The van der Waals surface area contributed by atoms with E-state index < -0.39 is 6.10 Å². The third kappa shape index (κ3) is 3.01. The number of fused-ring (bicyclic) bond motifs is 1. The maximum absolute atomic E-state index is 9.78. The number of pyridine rings is 1. The first-order chi connectivity index (χ1) is 10.1. The maximum atomic E-state index is 9.78. The molecule has 0 aliphatic rings. The first-order valence-corrected chi connectivity index (χ1v) is 7.04. The van der Waals surface area contributed by atoms with Gasteiger partial charge in [-0.15, -0.1) is 0 Å². The van der Waals surface area contributed by atoms with E-state index >= 15 is 0 Å². The van der Waals surface area contributed by atoms with E-state index in [-0.39, 0.29) is 0 Å². The summed E-state index contributed by atoms with van der Waals surface area (Å²) in [5.41, 5.74) is 2.38. The van der Waals surface area contributed by atoms with Crippen molar-refractivity contribution >= 4 is 17.2 Å². The Morgan fingerprint density at radius 1 is 1.33 bits per heavy atom. The molecule has 2 aromatic heterocycles. The van der Waals surface area contributed by atoms with Gasteiger partial charge in [-0.2, -0.15) is 0 Å². The number of imidazole rings is 1. The van der Waals surface area contributed by atoms with Gasteiger partial charge in [0.25, 0.3) is 0 Å². The van der Waals surface area contributed by atoms with Crippen molar-refractivity contribution in [2.45, 2.75) is 19.6 Å². The van der Waals surface area contributed by atoms with Gasteiger partial charge >= 0.3 is 0 Å². The van der Waals surface area contributed by atoms with Crippen LogP contribution >= 0.6 is 11.6 Å². The first-order valence-electron chi connectivity index (χ1n) is 6.66. The van der Waals surface area contributed by atoms with Crippen molar-refractivity contribution in [3.63, 3.8) is 0 Å². The Labute approximate surface area is 127 Å². The van der Waals surface area contributed by atoms with Gasteiger partial charge in [-0.25, -0.2) is 4.98 Å². The van der Waals surface area contributed by atoms with Crippen molar-refractivity contribution in [3.8, 4) is 5.75 Å². The Hall–Kier alpha value is -2.04. The first kappa shape index (κ1) is 13.9. The summed E-state index contributed by atoms with van der Waals surface area (Å²) < 4.78 is 7.72. The molecule has 21 heavy (non-hydrogen) atoms. The minimum Gasteiger partial charge on any atom is -0.487 e. The summed E-state index contributed by atoms with van der Waals surface area (Å²) in [7, 11) is 0. The molecule has 4 nitrogen and oxygen atoms in total. The lowest BCUT2D eigenvalue weighted by Gasteiger charge is -2.13. The maximum Gasteiger partial charge on any atom is 0.137 e. The number of ether oxygens (including phenoxy) is 1. The number of rotatable bonds is 4. The van der Waals surface area contributed by atoms with E-state index in [2.05, 4.69) is 4.98 Å². The zero-order chi connectivity index (χ0) is 14.8. The molecule has 0 bridgehead atoms. The average molecular weight is 303 g/mol. The number of aromatic nitrogens is 2. The average Bonchev–Trinajstić information content (AvgIpc) is 2.88. The van der Waals surface area contributed by atoms with Gasteiger partial charge in [0.1, 0.15) is 18.0 Å². The lowest BCUT2D eigenvalue weighted by atomic mass is 10.1. The summed E-state index contributed by atoms with van der Waals surface area (Å²) in [5.74, 6) is 0.617. The van der Waals surface area contributed by atoms with E-state index in [0.717, 1.165) is 11.3 Å². The summed E-state index contributed by atoms with van der Waals surface area (Å²) in [6, 6.07) is 11.0. The van der Waals surface area contributed by atoms with E-state index in [1.807, 2.05) is 35.0 Å². The Kier molecular flexibility index (Phi) is 3.82. The second-order valence-corrected chi connectivity index (χ2v) is 5.28. The normalized spacial score (nSPS) is 12.5. The molecule has 0 unspecified atom stereocenters. The highest BCUT2D eigenvalue weighted by Gasteiger charge is 2.11. The molecule has 0 saturated heterocycles. The monoisotopic (exact) mass is 302 g/mol. The molecule has 5 heteroatoms. The molecule has 1 aromatic carbocycles. The third-order valence-corrected chi connectivity index (χ3v) is 3.45. The van der Waals surface area contributed by atoms with Gasteiger partial charge in [0.2, 0.25) is 0 Å². The van der Waals surface area contributed by atoms with E-state index in [9.17, 15) is 5.11 Å². The van der Waals surface area contributed by atoms with Gasteiger partial charge in [-0.05, 0) is 37.3 Å². The molecule has 1 N–H and O–H groups in total. The smallest absolute Gasteiger partial charge is 0.137 e. The van der Waals surface area contributed by atoms with Crippen LogP contribution in [0.4, 0.5) is 0 Å². The largest absolute Gasteiger partial charge is 0.487 e. The molecule has 0 fully saturated rings. The van der Waals surface area contributed by atoms with Crippen LogP contribution in [-0.4, -0.2) is 14.5 Å². The molecule has 0 saturated carbocycles. The van der Waals surface area contributed by atoms with Gasteiger partial charge in [-0.1, -0.05) is 17.7 Å². The molecule has 3 rings (SSSR count). The molecule has 2 heterocycles. The predicted molar refractivity (Wildman–Crippen MR) is 81.6 cm³/mol. The Bertz CT molecular complexity index is 735. The van der Waals surface area contributed by atoms with Crippen molar-refractivity contribution in [3.05, 3.63) is 65.1 Å². The Morgan fingerprint density at radius 3 is 2.95 bits per heavy atom. The zero-order valence-corrected chi connectivity index (χ0v) is 12.3. The number of nitrogens with zero attached hydrogens (tertiary/aromatic N) is 2. The number of hydrogen-bond donors (Lipinski definition) is 1. The van der Waals surface area contributed by atoms with Crippen LogP contribution < -0.4 is 4.74 Å². The second-order valence-electron chi connectivity index (χ2n) is 4.85. The Balaban J connectivity index is 1.81. The number of halogens is 1. The van der Waals surface area contributed by atoms with E-state index in [1.165, 1.54) is 0 Å². The van der Waals surface area contributed by atoms with Gasteiger partial charge in [0.05, 0.1) is 11.8 Å². The number of hydrogen-bond acceptors (Lipinski definition) is 3. The lowest BCUT2D eigenvalue weighted by Crippen LogP contribution is -2.01. The quantitative estimate of drug-likeness (QED) is 0.800. The standard InChI is InChI=1S/C16H15ClN2O2/c1-11(20)14-8-12(17)5-6-15(14)21-10-13-9-19-7-3-2-4-16(19)18-13/h2-9,11,20H,10H2,1H3/t11-/m1/s1. The van der Waals surface area contributed by atoms with Crippen LogP contribution in [0, 0.1) is 0 Å². The van der Waals surface area contributed by atoms with Gasteiger partial charge in [0.15, 0.2) is 0 Å². The van der Waals surface area contributed by atoms with Crippen molar-refractivity contribution in [1.29, 1.82) is 0 Å². The fourth-order valence-electron chi connectivity index (χ4n) is 2.19. The number of aliphatic hydroxyl groups excluding tert-OH is 1. The minimum absolute atomic E-state index is 0.336. The SMILES string of the molecule is C[C@@H](O)c1cc(Cl)ccc1OCc1cn2ccccc2n1. The van der Waals surface area contributed by atoms with E-state index in [1.54, 1.807) is 25.1 Å². The predicted octanol–water partition coefficient (Wildman–Crippen LogP) is 3.62. The number of benzene rings is 1. The van der Waals surface area contributed by atoms with Gasteiger partial charge in [0, 0.05) is 23.0 Å². The highest BCUT2D eigenvalue weighted by atomic mass is 35.5. The summed E-state index contributed by atoms with van der Waals surface area (Å²) in [6.45, 7) is 2.02. The molecular weight excluding hydrogens is 288 g/mol. The fraction of sp³-hybridized carbons (Fsp3) is 0.188. The topological polar surface area (TPSA) is 46.8 Å². The van der Waals surface area contributed by atoms with Gasteiger partial charge < -0.3 is 14.2 Å². The minimum atomic E-state index is -0.639.